The fourth-order valence-electron chi connectivity index (χ4n) is 4.71. The molecule has 5 nitrogen and oxygen atoms in total. The third-order valence-corrected chi connectivity index (χ3v) is 6.68. The molecule has 0 bridgehead atoms. The van der Waals surface area contributed by atoms with E-state index in [-0.39, 0.29) is 17.8 Å². The molecular formula is C30H29FN2O3. The van der Waals surface area contributed by atoms with E-state index in [0.717, 1.165) is 16.7 Å². The van der Waals surface area contributed by atoms with Crippen molar-refractivity contribution in [2.45, 2.75) is 30.8 Å². The van der Waals surface area contributed by atoms with Crippen LogP contribution in [0.25, 0.3) is 0 Å². The second-order valence-corrected chi connectivity index (χ2v) is 9.04. The number of benzene rings is 3. The van der Waals surface area contributed by atoms with Crippen molar-refractivity contribution in [1.82, 2.24) is 9.80 Å². The Hall–Kier alpha value is -3.95. The average Bonchev–Trinajstić information content (AvgIpc) is 2.90. The largest absolute Gasteiger partial charge is 0.480 e. The van der Waals surface area contributed by atoms with Crippen molar-refractivity contribution in [3.8, 4) is 11.8 Å². The van der Waals surface area contributed by atoms with Crippen LogP contribution in [0.3, 0.4) is 0 Å². The van der Waals surface area contributed by atoms with Gasteiger partial charge in [0.1, 0.15) is 11.9 Å². The maximum atomic E-state index is 13.8. The maximum absolute atomic E-state index is 13.8. The molecule has 1 aliphatic heterocycles. The highest BCUT2D eigenvalue weighted by Gasteiger charge is 2.40. The predicted molar refractivity (Wildman–Crippen MR) is 137 cm³/mol. The fourth-order valence-corrected chi connectivity index (χ4v) is 4.71. The van der Waals surface area contributed by atoms with Crippen LogP contribution in [0.2, 0.25) is 0 Å². The van der Waals surface area contributed by atoms with E-state index in [1.807, 2.05) is 72.6 Å². The zero-order chi connectivity index (χ0) is 25.5. The number of rotatable bonds is 6. The Bertz CT molecular complexity index is 1200. The first-order valence-electron chi connectivity index (χ1n) is 12.0. The summed E-state index contributed by atoms with van der Waals surface area (Å²) in [6, 6.07) is 24.0. The van der Waals surface area contributed by atoms with E-state index >= 15 is 0 Å². The maximum Gasteiger partial charge on any atom is 0.326 e. The normalized spacial score (nSPS) is 17.5. The van der Waals surface area contributed by atoms with Crippen LogP contribution in [0, 0.1) is 17.7 Å². The van der Waals surface area contributed by atoms with Crippen molar-refractivity contribution in [1.29, 1.82) is 0 Å². The molecule has 0 aliphatic carbocycles. The van der Waals surface area contributed by atoms with E-state index in [9.17, 15) is 19.1 Å². The number of carboxylic acids is 1. The highest BCUT2D eigenvalue weighted by atomic mass is 19.1. The number of halogens is 1. The zero-order valence-corrected chi connectivity index (χ0v) is 20.2. The fraction of sp³-hybridized carbons (Fsp3) is 0.267. The van der Waals surface area contributed by atoms with Crippen LogP contribution in [0.1, 0.15) is 35.4 Å². The molecule has 3 aromatic carbocycles. The molecule has 0 saturated carbocycles. The second kappa shape index (κ2) is 11.7. The summed E-state index contributed by atoms with van der Waals surface area (Å²) in [6.45, 7) is 0.797. The Labute approximate surface area is 211 Å². The van der Waals surface area contributed by atoms with Crippen LogP contribution in [0.5, 0.6) is 0 Å². The first-order valence-corrected chi connectivity index (χ1v) is 12.0. The molecule has 4 rings (SSSR count). The Kier molecular flexibility index (Phi) is 8.14. The average molecular weight is 485 g/mol. The molecule has 3 aromatic rings. The Morgan fingerprint density at radius 1 is 1.00 bits per heavy atom. The van der Waals surface area contributed by atoms with Gasteiger partial charge in [0.2, 0.25) is 5.91 Å². The molecular weight excluding hydrogens is 455 g/mol. The van der Waals surface area contributed by atoms with Crippen LogP contribution in [-0.2, 0) is 9.59 Å². The highest BCUT2D eigenvalue weighted by molar-refractivity contribution is 5.91. The molecule has 1 aliphatic rings. The first kappa shape index (κ1) is 25.2. The first-order chi connectivity index (χ1) is 17.4. The standard InChI is InChI=1S/C30H29FN2O3/c1-32(19-8-9-22-14-16-25(31)17-15-22)26-18-20-33(27(21-26)30(35)36)29(34)28(23-10-4-2-5-11-23)24-12-6-3-7-13-24/h2-7,10-17,26-28H,18-21H2,1H3,(H,35,36)/t26-,27-/m0/s1. The summed E-state index contributed by atoms with van der Waals surface area (Å²) in [5, 5.41) is 10.1. The highest BCUT2D eigenvalue weighted by Crippen LogP contribution is 2.31. The number of amides is 1. The Balaban J connectivity index is 1.49. The molecule has 6 heteroatoms. The topological polar surface area (TPSA) is 60.9 Å². The van der Waals surface area contributed by atoms with Crippen LogP contribution >= 0.6 is 0 Å². The van der Waals surface area contributed by atoms with Crippen LogP contribution in [0.15, 0.2) is 84.9 Å². The van der Waals surface area contributed by atoms with Gasteiger partial charge in [-0.25, -0.2) is 9.18 Å². The number of nitrogens with zero attached hydrogens (tertiary/aromatic N) is 2. The molecule has 2 atom stereocenters. The van der Waals surface area contributed by atoms with Crippen LogP contribution in [-0.4, -0.2) is 59.0 Å². The van der Waals surface area contributed by atoms with Gasteiger partial charge in [-0.15, -0.1) is 0 Å². The summed E-state index contributed by atoms with van der Waals surface area (Å²) < 4.78 is 13.1. The minimum atomic E-state index is -1.00. The summed E-state index contributed by atoms with van der Waals surface area (Å²) in [4.78, 5) is 29.7. The van der Waals surface area contributed by atoms with Crippen molar-refractivity contribution in [3.63, 3.8) is 0 Å². The molecule has 184 valence electrons. The van der Waals surface area contributed by atoms with E-state index < -0.39 is 17.9 Å². The predicted octanol–water partition coefficient (Wildman–Crippen LogP) is 4.39. The lowest BCUT2D eigenvalue weighted by Crippen LogP contribution is -2.55. The number of carbonyl (C=O) groups excluding carboxylic acids is 1. The number of carbonyl (C=O) groups is 2. The molecule has 0 spiro atoms. The Morgan fingerprint density at radius 3 is 2.14 bits per heavy atom. The lowest BCUT2D eigenvalue weighted by Gasteiger charge is -2.41. The van der Waals surface area contributed by atoms with E-state index in [1.165, 1.54) is 17.0 Å². The van der Waals surface area contributed by atoms with Gasteiger partial charge in [0.05, 0.1) is 12.5 Å². The van der Waals surface area contributed by atoms with Gasteiger partial charge in [0, 0.05) is 18.2 Å². The monoisotopic (exact) mass is 484 g/mol. The van der Waals surface area contributed by atoms with Gasteiger partial charge in [0.15, 0.2) is 0 Å². The minimum absolute atomic E-state index is 0.0235. The summed E-state index contributed by atoms with van der Waals surface area (Å²) in [7, 11) is 1.91. The summed E-state index contributed by atoms with van der Waals surface area (Å²) in [5.74, 6) is 4.03. The summed E-state index contributed by atoms with van der Waals surface area (Å²) in [5.41, 5.74) is 2.41. The van der Waals surface area contributed by atoms with Gasteiger partial charge in [-0.3, -0.25) is 9.69 Å². The molecule has 1 N–H and O–H groups in total. The third-order valence-electron chi connectivity index (χ3n) is 6.68. The number of hydrogen-bond donors (Lipinski definition) is 1. The molecule has 1 fully saturated rings. The molecule has 0 unspecified atom stereocenters. The zero-order valence-electron chi connectivity index (χ0n) is 20.2. The van der Waals surface area contributed by atoms with Crippen molar-refractivity contribution in [2.24, 2.45) is 0 Å². The van der Waals surface area contributed by atoms with Gasteiger partial charge < -0.3 is 10.0 Å². The number of carboxylic acid groups (broad SMARTS) is 1. The van der Waals surface area contributed by atoms with Gasteiger partial charge in [-0.2, -0.15) is 0 Å². The number of aliphatic carboxylic acids is 1. The number of hydrogen-bond acceptors (Lipinski definition) is 3. The van der Waals surface area contributed by atoms with Crippen molar-refractivity contribution < 1.29 is 19.1 Å². The van der Waals surface area contributed by atoms with E-state index in [2.05, 4.69) is 11.8 Å². The van der Waals surface area contributed by atoms with E-state index in [4.69, 9.17) is 0 Å². The van der Waals surface area contributed by atoms with Gasteiger partial charge in [-0.05, 0) is 55.3 Å². The second-order valence-electron chi connectivity index (χ2n) is 9.04. The van der Waals surface area contributed by atoms with Gasteiger partial charge in [0.25, 0.3) is 0 Å². The molecule has 36 heavy (non-hydrogen) atoms. The molecule has 1 heterocycles. The van der Waals surface area contributed by atoms with Crippen molar-refractivity contribution >= 4 is 11.9 Å². The third kappa shape index (κ3) is 5.99. The lowest BCUT2D eigenvalue weighted by molar-refractivity contribution is -0.153. The number of likely N-dealkylation sites (tertiary alicyclic amines) is 1. The van der Waals surface area contributed by atoms with Crippen LogP contribution in [0.4, 0.5) is 4.39 Å². The summed E-state index contributed by atoms with van der Waals surface area (Å²) in [6.07, 6.45) is 0.979. The van der Waals surface area contributed by atoms with Gasteiger partial charge >= 0.3 is 5.97 Å². The lowest BCUT2D eigenvalue weighted by atomic mass is 9.87. The Morgan fingerprint density at radius 2 is 1.58 bits per heavy atom. The molecule has 1 saturated heterocycles. The minimum Gasteiger partial charge on any atom is -0.480 e. The quantitative estimate of drug-likeness (QED) is 0.528. The van der Waals surface area contributed by atoms with E-state index in [0.29, 0.717) is 25.9 Å². The molecule has 0 radical (unpaired) electrons. The van der Waals surface area contributed by atoms with Crippen molar-refractivity contribution in [3.05, 3.63) is 107 Å². The smallest absolute Gasteiger partial charge is 0.326 e. The van der Waals surface area contributed by atoms with E-state index in [1.54, 1.807) is 12.1 Å². The summed E-state index contributed by atoms with van der Waals surface area (Å²) >= 11 is 0. The number of piperidine rings is 1. The molecule has 0 aromatic heterocycles. The van der Waals surface area contributed by atoms with Crippen LogP contribution < -0.4 is 0 Å². The van der Waals surface area contributed by atoms with Gasteiger partial charge in [-0.1, -0.05) is 72.5 Å². The van der Waals surface area contributed by atoms with Crippen molar-refractivity contribution in [2.75, 3.05) is 20.1 Å². The molecule has 1 amide bonds. The SMILES string of the molecule is CN(CC#Cc1ccc(F)cc1)[C@H]1CCN(C(=O)C(c2ccccc2)c2ccccc2)[C@H](C(=O)O)C1.